The van der Waals surface area contributed by atoms with Crippen molar-refractivity contribution >= 4 is 48.8 Å². The van der Waals surface area contributed by atoms with Gasteiger partial charge < -0.3 is 0 Å². The number of rotatable bonds is 7. The average Bonchev–Trinajstić information content (AvgIpc) is 3.33. The van der Waals surface area contributed by atoms with Gasteiger partial charge in [-0.3, -0.25) is 0 Å². The van der Waals surface area contributed by atoms with Crippen LogP contribution in [0.15, 0.2) is 115 Å². The van der Waals surface area contributed by atoms with Gasteiger partial charge in [0.05, 0.1) is 0 Å². The summed E-state index contributed by atoms with van der Waals surface area (Å²) in [4.78, 5) is 28.7. The van der Waals surface area contributed by atoms with Crippen LogP contribution in [0.2, 0.25) is 0 Å². The molecular formula is C34H35BrNO4P. The molecule has 4 aromatic rings. The molecule has 0 N–H and O–H groups in total. The summed E-state index contributed by atoms with van der Waals surface area (Å²) in [5.41, 5.74) is -0.0625. The van der Waals surface area contributed by atoms with Crippen molar-refractivity contribution in [3.05, 3.63) is 121 Å². The van der Waals surface area contributed by atoms with E-state index in [1.54, 1.807) is 32.9 Å². The van der Waals surface area contributed by atoms with Crippen molar-refractivity contribution in [3.8, 4) is 5.75 Å². The molecule has 5 nitrogen and oxygen atoms in total. The Hall–Kier alpha value is -3.47. The first kappa shape index (κ1) is 29.0. The van der Waals surface area contributed by atoms with Gasteiger partial charge >= 0.3 is 251 Å². The van der Waals surface area contributed by atoms with E-state index >= 15 is 0 Å². The molecule has 7 heteroatoms. The van der Waals surface area contributed by atoms with Crippen LogP contribution in [0.1, 0.15) is 32.8 Å². The van der Waals surface area contributed by atoms with E-state index in [9.17, 15) is 9.59 Å². The zero-order valence-electron chi connectivity index (χ0n) is 23.6. The molecule has 212 valence electrons. The Balaban J connectivity index is 1.52. The summed E-state index contributed by atoms with van der Waals surface area (Å²) in [7, 11) is 0. The van der Waals surface area contributed by atoms with Gasteiger partial charge in [-0.15, -0.1) is 0 Å². The fourth-order valence-corrected chi connectivity index (χ4v) is 14.5. The number of carbonyl (C=O) groups is 2. The van der Waals surface area contributed by atoms with Gasteiger partial charge in [-0.05, 0) is 0 Å². The van der Waals surface area contributed by atoms with Crippen LogP contribution in [0.25, 0.3) is 0 Å². The maximum absolute atomic E-state index is 14.5. The Labute approximate surface area is 250 Å². The van der Waals surface area contributed by atoms with Gasteiger partial charge in [0.1, 0.15) is 0 Å². The molecule has 41 heavy (non-hydrogen) atoms. The molecule has 1 aliphatic rings. The molecule has 0 spiro atoms. The number of hydrogen-bond donors (Lipinski definition) is 0. The second kappa shape index (κ2) is 11.4. The molecular weight excluding hydrogens is 597 g/mol. The van der Waals surface area contributed by atoms with E-state index in [1.165, 1.54) is 0 Å². The van der Waals surface area contributed by atoms with E-state index in [1.807, 2.05) is 35.2 Å². The number of benzene rings is 4. The normalized spacial score (nSPS) is 16.6. The van der Waals surface area contributed by atoms with Crippen LogP contribution >= 0.6 is 20.8 Å². The number of nitrogens with zero attached hydrogens (tertiary/aromatic N) is 1. The van der Waals surface area contributed by atoms with Crippen LogP contribution in [0, 0.1) is 0 Å². The van der Waals surface area contributed by atoms with Crippen LogP contribution < -0.4 is 20.7 Å². The van der Waals surface area contributed by atoms with Gasteiger partial charge in [-0.2, -0.15) is 0 Å². The molecule has 0 aliphatic carbocycles. The van der Waals surface area contributed by atoms with Crippen LogP contribution in [0.3, 0.4) is 0 Å². The second-order valence-electron chi connectivity index (χ2n) is 11.4. The van der Waals surface area contributed by atoms with Gasteiger partial charge in [0, 0.05) is 0 Å². The fraction of sp³-hybridized carbons (Fsp3) is 0.235. The molecule has 1 fully saturated rings. The summed E-state index contributed by atoms with van der Waals surface area (Å²) in [5.74, 6) is 0.493. The first-order valence-corrected chi connectivity index (χ1v) is 18.1. The molecule has 0 radical (unpaired) electrons. The number of hydrogen-bond acceptors (Lipinski definition) is 4. The van der Waals surface area contributed by atoms with Gasteiger partial charge in [-0.1, -0.05) is 0 Å². The van der Waals surface area contributed by atoms with Crippen LogP contribution in [-0.2, 0) is 16.1 Å². The van der Waals surface area contributed by atoms with Crippen LogP contribution in [0.4, 0.5) is 4.79 Å². The Morgan fingerprint density at radius 1 is 0.829 bits per heavy atom. The number of ether oxygens (including phenoxy) is 2. The zero-order valence-corrected chi connectivity index (χ0v) is 26.1. The molecule has 0 aromatic heterocycles. The van der Waals surface area contributed by atoms with Crippen molar-refractivity contribution < 1.29 is 19.1 Å². The monoisotopic (exact) mass is 631 g/mol. The molecule has 5 rings (SSSR count). The number of likely N-dealkylation sites (tertiary alicyclic amines) is 1. The molecule has 1 saturated heterocycles. The summed E-state index contributed by atoms with van der Waals surface area (Å²) in [6, 6.07) is 38.6. The second-order valence-corrected chi connectivity index (χ2v) is 20.1. The molecule has 1 aliphatic heterocycles. The standard InChI is InChI=1S/C34H35BrNO4P/c1-34(2,3)40-33(38)39-27-15-13-14-26(24-27)25-36-23-22-31(32(36)37)41(35,28-16-7-4-8-17-28,29-18-9-5-10-19-29)30-20-11-6-12-21-30/h4-21,24,31H,22-23,25H2,1-3H3. The first-order chi connectivity index (χ1) is 19.6. The first-order valence-electron chi connectivity index (χ1n) is 13.8. The van der Waals surface area contributed by atoms with E-state index in [2.05, 4.69) is 88.3 Å². The average molecular weight is 633 g/mol. The van der Waals surface area contributed by atoms with Gasteiger partial charge in [0.2, 0.25) is 0 Å². The summed E-state index contributed by atoms with van der Waals surface area (Å²) in [6.07, 6.45) is -0.0495. The topological polar surface area (TPSA) is 55.8 Å². The third-order valence-corrected chi connectivity index (χ3v) is 18.2. The predicted octanol–water partition coefficient (Wildman–Crippen LogP) is 6.94. The Morgan fingerprint density at radius 3 is 1.83 bits per heavy atom. The number of carbonyl (C=O) groups excluding carboxylic acids is 2. The van der Waals surface area contributed by atoms with Crippen molar-refractivity contribution in [2.75, 3.05) is 6.54 Å². The van der Waals surface area contributed by atoms with Gasteiger partial charge in [0.15, 0.2) is 0 Å². The molecule has 4 aromatic carbocycles. The zero-order chi connectivity index (χ0) is 29.1. The van der Waals surface area contributed by atoms with Crippen molar-refractivity contribution in [2.45, 2.75) is 45.0 Å². The van der Waals surface area contributed by atoms with E-state index in [0.29, 0.717) is 25.3 Å². The van der Waals surface area contributed by atoms with Gasteiger partial charge in [-0.25, -0.2) is 0 Å². The molecule has 1 atom stereocenters. The van der Waals surface area contributed by atoms with E-state index < -0.39 is 17.1 Å². The molecule has 1 amide bonds. The summed E-state index contributed by atoms with van der Waals surface area (Å²) >= 11 is 4.47. The summed E-state index contributed by atoms with van der Waals surface area (Å²) in [5, 5.41) is -0.0756. The summed E-state index contributed by atoms with van der Waals surface area (Å²) in [6.45, 7) is 6.41. The minimum atomic E-state index is -3.46. The van der Waals surface area contributed by atoms with E-state index in [0.717, 1.165) is 21.5 Å². The quantitative estimate of drug-likeness (QED) is 0.126. The van der Waals surface area contributed by atoms with Crippen molar-refractivity contribution in [1.29, 1.82) is 0 Å². The molecule has 1 heterocycles. The Morgan fingerprint density at radius 2 is 1.34 bits per heavy atom. The third-order valence-electron chi connectivity index (χ3n) is 7.50. The van der Waals surface area contributed by atoms with Gasteiger partial charge in [0.25, 0.3) is 0 Å². The van der Waals surface area contributed by atoms with Crippen molar-refractivity contribution in [1.82, 2.24) is 4.90 Å². The third kappa shape index (κ3) is 5.56. The van der Waals surface area contributed by atoms with Crippen LogP contribution in [-0.4, -0.2) is 34.8 Å². The molecule has 0 bridgehead atoms. The van der Waals surface area contributed by atoms with Crippen molar-refractivity contribution in [2.24, 2.45) is 0 Å². The maximum atomic E-state index is 14.5. The van der Waals surface area contributed by atoms with Crippen LogP contribution in [0.5, 0.6) is 5.75 Å². The Kier molecular flexibility index (Phi) is 8.09. The predicted molar refractivity (Wildman–Crippen MR) is 171 cm³/mol. The van der Waals surface area contributed by atoms with E-state index in [4.69, 9.17) is 9.47 Å². The summed E-state index contributed by atoms with van der Waals surface area (Å²) < 4.78 is 10.7. The minimum absolute atomic E-state index is 0.106. The van der Waals surface area contributed by atoms with Crippen molar-refractivity contribution in [3.63, 3.8) is 0 Å². The fourth-order valence-electron chi connectivity index (χ4n) is 5.77. The molecule has 0 saturated carbocycles. The number of amides is 1. The SMILES string of the molecule is CC(C)(C)OC(=O)Oc1cccc(CN2CCC(P(Br)(c3ccccc3)(c3ccccc3)c3ccccc3)C2=O)c1. The Bertz CT molecular complexity index is 1420. The number of halogens is 1. The molecule has 1 unspecified atom stereocenters. The van der Waals surface area contributed by atoms with E-state index in [-0.39, 0.29) is 11.6 Å².